The van der Waals surface area contributed by atoms with Gasteiger partial charge in [-0.15, -0.1) is 0 Å². The van der Waals surface area contributed by atoms with Gasteiger partial charge < -0.3 is 0 Å². The fourth-order valence-corrected chi connectivity index (χ4v) is 1.25. The van der Waals surface area contributed by atoms with E-state index in [9.17, 15) is 0 Å². The maximum atomic E-state index is 4.21. The van der Waals surface area contributed by atoms with Crippen molar-refractivity contribution in [3.05, 3.63) is 41.8 Å². The molecular formula is C9H11S. The first-order valence-corrected chi connectivity index (χ1v) is 4.00. The third-order valence-corrected chi connectivity index (χ3v) is 1.88. The molecule has 10 heavy (non-hydrogen) atoms. The largest absolute Gasteiger partial charge is 0.175 e. The van der Waals surface area contributed by atoms with E-state index in [1.807, 2.05) is 19.1 Å². The molecule has 1 aromatic rings. The van der Waals surface area contributed by atoms with E-state index < -0.39 is 0 Å². The average Bonchev–Trinajstić information content (AvgIpc) is 2.04. The summed E-state index contributed by atoms with van der Waals surface area (Å²) in [6, 6.07) is 8.29. The molecule has 0 saturated heterocycles. The van der Waals surface area contributed by atoms with Crippen LogP contribution in [0.25, 0.3) is 0 Å². The summed E-state index contributed by atoms with van der Waals surface area (Å²) >= 11 is 4.21. The van der Waals surface area contributed by atoms with Crippen molar-refractivity contribution in [1.82, 2.24) is 0 Å². The van der Waals surface area contributed by atoms with Gasteiger partial charge in [-0.3, -0.25) is 0 Å². The van der Waals surface area contributed by atoms with Crippen LogP contribution < -0.4 is 0 Å². The fourth-order valence-electron chi connectivity index (χ4n) is 0.960. The van der Waals surface area contributed by atoms with E-state index in [-0.39, 0.29) is 0 Å². The van der Waals surface area contributed by atoms with Crippen molar-refractivity contribution in [1.29, 1.82) is 0 Å². The molecule has 0 nitrogen and oxygen atoms in total. The van der Waals surface area contributed by atoms with Crippen LogP contribution in [0.2, 0.25) is 0 Å². The van der Waals surface area contributed by atoms with E-state index >= 15 is 0 Å². The topological polar surface area (TPSA) is 0 Å². The monoisotopic (exact) mass is 151 g/mol. The van der Waals surface area contributed by atoms with Crippen LogP contribution in [0.15, 0.2) is 24.3 Å². The molecule has 1 radical (unpaired) electrons. The second-order valence-electron chi connectivity index (χ2n) is 2.15. The molecule has 0 saturated carbocycles. The van der Waals surface area contributed by atoms with Crippen LogP contribution in [-0.4, -0.2) is 0 Å². The Labute approximate surface area is 67.7 Å². The molecular weight excluding hydrogens is 140 g/mol. The second-order valence-corrected chi connectivity index (χ2v) is 2.46. The molecule has 0 atom stereocenters. The predicted molar refractivity (Wildman–Crippen MR) is 48.2 cm³/mol. The lowest BCUT2D eigenvalue weighted by atomic mass is 10.1. The van der Waals surface area contributed by atoms with Gasteiger partial charge in [0.25, 0.3) is 0 Å². The van der Waals surface area contributed by atoms with Gasteiger partial charge >= 0.3 is 0 Å². The first-order valence-electron chi connectivity index (χ1n) is 3.36. The highest BCUT2D eigenvalue weighted by Crippen LogP contribution is 2.11. The van der Waals surface area contributed by atoms with Crippen LogP contribution in [-0.2, 0) is 5.75 Å². The zero-order valence-electron chi connectivity index (χ0n) is 6.04. The lowest BCUT2D eigenvalue weighted by Gasteiger charge is -2.01. The molecule has 1 rings (SSSR count). The van der Waals surface area contributed by atoms with Gasteiger partial charge in [-0.1, -0.05) is 31.2 Å². The molecule has 0 bridgehead atoms. The molecule has 0 unspecified atom stereocenters. The minimum absolute atomic E-state index is 0.820. The lowest BCUT2D eigenvalue weighted by Crippen LogP contribution is -1.85. The molecule has 53 valence electrons. The first kappa shape index (κ1) is 7.67. The van der Waals surface area contributed by atoms with Crippen LogP contribution in [0.3, 0.4) is 0 Å². The summed E-state index contributed by atoms with van der Waals surface area (Å²) in [5.74, 6) is 0.820. The van der Waals surface area contributed by atoms with Gasteiger partial charge in [-0.05, 0) is 17.5 Å². The average molecular weight is 151 g/mol. The van der Waals surface area contributed by atoms with Gasteiger partial charge in [-0.2, -0.15) is 12.6 Å². The quantitative estimate of drug-likeness (QED) is 0.617. The van der Waals surface area contributed by atoms with Gasteiger partial charge in [0.2, 0.25) is 0 Å². The first-order chi connectivity index (χ1) is 4.88. The van der Waals surface area contributed by atoms with E-state index in [1.54, 1.807) is 0 Å². The number of rotatable bonds is 2. The van der Waals surface area contributed by atoms with Crippen LogP contribution in [0.1, 0.15) is 18.1 Å². The third kappa shape index (κ3) is 1.54. The van der Waals surface area contributed by atoms with Gasteiger partial charge in [-0.25, -0.2) is 0 Å². The molecule has 0 aliphatic rings. The summed E-state index contributed by atoms with van der Waals surface area (Å²) in [6.07, 6.45) is 2.10. The van der Waals surface area contributed by atoms with E-state index in [2.05, 4.69) is 31.2 Å². The summed E-state index contributed by atoms with van der Waals surface area (Å²) in [5.41, 5.74) is 2.59. The Balaban J connectivity index is 2.96. The van der Waals surface area contributed by atoms with Crippen LogP contribution >= 0.6 is 12.6 Å². The molecule has 0 N–H and O–H groups in total. The predicted octanol–water partition coefficient (Wildman–Crippen LogP) is 2.69. The molecule has 0 amide bonds. The molecule has 1 aromatic carbocycles. The number of thiol groups is 1. The summed E-state index contributed by atoms with van der Waals surface area (Å²) in [4.78, 5) is 0. The molecule has 0 aliphatic carbocycles. The lowest BCUT2D eigenvalue weighted by molar-refractivity contribution is 1.31. The maximum Gasteiger partial charge on any atom is 0.0157 e. The van der Waals surface area contributed by atoms with Crippen molar-refractivity contribution in [3.8, 4) is 0 Å². The Morgan fingerprint density at radius 1 is 1.40 bits per heavy atom. The summed E-state index contributed by atoms with van der Waals surface area (Å²) < 4.78 is 0. The van der Waals surface area contributed by atoms with Gasteiger partial charge in [0.1, 0.15) is 0 Å². The van der Waals surface area contributed by atoms with E-state index in [0.717, 1.165) is 5.75 Å². The molecule has 0 spiro atoms. The van der Waals surface area contributed by atoms with Crippen molar-refractivity contribution in [2.75, 3.05) is 0 Å². The Morgan fingerprint density at radius 3 is 2.60 bits per heavy atom. The van der Waals surface area contributed by atoms with Gasteiger partial charge in [0.15, 0.2) is 0 Å². The van der Waals surface area contributed by atoms with Crippen LogP contribution in [0.5, 0.6) is 0 Å². The van der Waals surface area contributed by atoms with Crippen molar-refractivity contribution < 1.29 is 0 Å². The number of benzene rings is 1. The highest BCUT2D eigenvalue weighted by Gasteiger charge is 1.94. The Kier molecular flexibility index (Phi) is 2.82. The zero-order chi connectivity index (χ0) is 7.40. The van der Waals surface area contributed by atoms with E-state index in [4.69, 9.17) is 0 Å². The van der Waals surface area contributed by atoms with Crippen molar-refractivity contribution in [3.63, 3.8) is 0 Å². The maximum absolute atomic E-state index is 4.21. The standard InChI is InChI=1S/C9H11S/c1-2-8-5-3-4-6-9(8)7-10/h2-6,10H,7H2,1H3. The molecule has 0 heterocycles. The molecule has 1 heteroatoms. The molecule has 0 aliphatic heterocycles. The normalized spacial score (nSPS) is 9.80. The minimum atomic E-state index is 0.820. The minimum Gasteiger partial charge on any atom is -0.175 e. The fraction of sp³-hybridized carbons (Fsp3) is 0.222. The summed E-state index contributed by atoms with van der Waals surface area (Å²) in [6.45, 7) is 2.04. The number of hydrogen-bond donors (Lipinski definition) is 1. The summed E-state index contributed by atoms with van der Waals surface area (Å²) in [5, 5.41) is 0. The Morgan fingerprint density at radius 2 is 2.10 bits per heavy atom. The van der Waals surface area contributed by atoms with Crippen molar-refractivity contribution in [2.45, 2.75) is 12.7 Å². The second kappa shape index (κ2) is 3.67. The smallest absolute Gasteiger partial charge is 0.0157 e. The van der Waals surface area contributed by atoms with E-state index in [1.165, 1.54) is 11.1 Å². The number of hydrogen-bond acceptors (Lipinski definition) is 1. The highest BCUT2D eigenvalue weighted by atomic mass is 32.1. The van der Waals surface area contributed by atoms with Crippen LogP contribution in [0.4, 0.5) is 0 Å². The van der Waals surface area contributed by atoms with Gasteiger partial charge in [0.05, 0.1) is 0 Å². The van der Waals surface area contributed by atoms with Gasteiger partial charge in [0, 0.05) is 5.75 Å². The SMILES string of the molecule is C[CH]c1ccccc1CS. The molecule has 0 aromatic heterocycles. The third-order valence-electron chi connectivity index (χ3n) is 1.54. The highest BCUT2D eigenvalue weighted by molar-refractivity contribution is 7.79. The summed E-state index contributed by atoms with van der Waals surface area (Å²) in [7, 11) is 0. The van der Waals surface area contributed by atoms with Crippen molar-refractivity contribution >= 4 is 12.6 Å². The zero-order valence-corrected chi connectivity index (χ0v) is 6.94. The molecule has 0 fully saturated rings. The Hall–Kier alpha value is -0.430. The van der Waals surface area contributed by atoms with E-state index in [0.29, 0.717) is 0 Å². The van der Waals surface area contributed by atoms with Crippen molar-refractivity contribution in [2.24, 2.45) is 0 Å². The van der Waals surface area contributed by atoms with Crippen LogP contribution in [0, 0.1) is 6.42 Å². The Bertz CT molecular complexity index is 183.